The van der Waals surface area contributed by atoms with Gasteiger partial charge in [-0.05, 0) is 72.0 Å². The van der Waals surface area contributed by atoms with Crippen LogP contribution in [0.5, 0.6) is 5.75 Å². The van der Waals surface area contributed by atoms with Gasteiger partial charge in [-0.2, -0.15) is 5.10 Å². The third-order valence-electron chi connectivity index (χ3n) is 9.54. The van der Waals surface area contributed by atoms with Crippen LogP contribution in [0.4, 0.5) is 0 Å². The van der Waals surface area contributed by atoms with E-state index in [4.69, 9.17) is 4.74 Å². The number of carbonyl (C=O) groups excluding carboxylic acids is 2. The molecule has 3 aromatic carbocycles. The average Bonchev–Trinajstić information content (AvgIpc) is 3.65. The van der Waals surface area contributed by atoms with Gasteiger partial charge in [0.15, 0.2) is 5.78 Å². The van der Waals surface area contributed by atoms with Crippen molar-refractivity contribution in [1.82, 2.24) is 19.2 Å². The number of Topliss-reactive ketones (excluding diaryl/α,β-unsaturated/α-hetero) is 1. The molecule has 45 heavy (non-hydrogen) atoms. The maximum Gasteiger partial charge on any atom is 0.335 e. The number of fused-ring (bicyclic) bond motifs is 2. The largest absolute Gasteiger partial charge is 0.486 e. The fourth-order valence-corrected chi connectivity index (χ4v) is 6.94. The smallest absolute Gasteiger partial charge is 0.335 e. The molecule has 2 aromatic heterocycles. The molecule has 9 nitrogen and oxygen atoms in total. The number of likely N-dealkylation sites (tertiary alicyclic amines) is 1. The number of aromatic nitrogens is 3. The second kappa shape index (κ2) is 10.2. The molecule has 3 aliphatic rings. The number of piperidine rings is 1. The van der Waals surface area contributed by atoms with Crippen LogP contribution >= 0.6 is 0 Å². The van der Waals surface area contributed by atoms with Crippen LogP contribution in [-0.2, 0) is 7.05 Å². The van der Waals surface area contributed by atoms with Gasteiger partial charge in [0, 0.05) is 73.4 Å². The highest BCUT2D eigenvalue weighted by atomic mass is 16.5. The predicted molar refractivity (Wildman–Crippen MR) is 169 cm³/mol. The van der Waals surface area contributed by atoms with Crippen LogP contribution < -0.4 is 4.74 Å². The molecule has 1 saturated heterocycles. The summed E-state index contributed by atoms with van der Waals surface area (Å²) in [5, 5.41) is 14.8. The van der Waals surface area contributed by atoms with E-state index in [9.17, 15) is 19.5 Å². The first-order valence-corrected chi connectivity index (χ1v) is 15.4. The molecular weight excluding hydrogens is 568 g/mol. The van der Waals surface area contributed by atoms with Crippen molar-refractivity contribution in [2.75, 3.05) is 13.1 Å². The molecule has 0 bridgehead atoms. The van der Waals surface area contributed by atoms with Crippen LogP contribution in [0.2, 0.25) is 0 Å². The number of carboxylic acids is 1. The Hall–Kier alpha value is -5.18. The van der Waals surface area contributed by atoms with Gasteiger partial charge >= 0.3 is 5.97 Å². The number of ether oxygens (including phenoxy) is 1. The number of ketones is 1. The number of nitrogens with zero attached hydrogens (tertiary/aromatic N) is 4. The van der Waals surface area contributed by atoms with E-state index < -0.39 is 11.6 Å². The fraction of sp³-hybridized carbons (Fsp3) is 0.278. The summed E-state index contributed by atoms with van der Waals surface area (Å²) in [6, 6.07) is 18.9. The molecular formula is C36H32N4O5. The molecule has 4 heterocycles. The van der Waals surface area contributed by atoms with E-state index in [0.29, 0.717) is 48.8 Å². The van der Waals surface area contributed by atoms with E-state index in [0.717, 1.165) is 46.0 Å². The summed E-state index contributed by atoms with van der Waals surface area (Å²) in [7, 11) is 1.86. The van der Waals surface area contributed by atoms with Gasteiger partial charge in [0.25, 0.3) is 5.91 Å². The Bertz CT molecular complexity index is 2030. The topological polar surface area (TPSA) is 107 Å². The summed E-state index contributed by atoms with van der Waals surface area (Å²) < 4.78 is 10.5. The predicted octanol–water partition coefficient (Wildman–Crippen LogP) is 6.38. The van der Waals surface area contributed by atoms with E-state index in [-0.39, 0.29) is 23.7 Å². The minimum atomic E-state index is -0.988. The summed E-state index contributed by atoms with van der Waals surface area (Å²) in [4.78, 5) is 41.0. The summed E-state index contributed by atoms with van der Waals surface area (Å²) in [6.45, 7) is 0.946. The van der Waals surface area contributed by atoms with Crippen molar-refractivity contribution in [2.24, 2.45) is 7.05 Å². The van der Waals surface area contributed by atoms with Crippen molar-refractivity contribution in [3.05, 3.63) is 95.9 Å². The summed E-state index contributed by atoms with van der Waals surface area (Å²) in [5.74, 6) is -0.410. The number of amides is 1. The Labute approximate surface area is 259 Å². The Balaban J connectivity index is 1.06. The van der Waals surface area contributed by atoms with Gasteiger partial charge in [-0.1, -0.05) is 18.2 Å². The first-order chi connectivity index (χ1) is 21.8. The maximum atomic E-state index is 14.0. The van der Waals surface area contributed by atoms with Crippen LogP contribution in [0.15, 0.2) is 79.3 Å². The number of benzene rings is 3. The Morgan fingerprint density at radius 3 is 2.49 bits per heavy atom. The van der Waals surface area contributed by atoms with Gasteiger partial charge in [0.1, 0.15) is 11.4 Å². The number of aromatic carboxylic acids is 1. The van der Waals surface area contributed by atoms with Crippen molar-refractivity contribution in [1.29, 1.82) is 0 Å². The molecule has 1 amide bonds. The maximum absolute atomic E-state index is 14.0. The number of carboxylic acid groups (broad SMARTS) is 1. The minimum absolute atomic E-state index is 0.0567. The van der Waals surface area contributed by atoms with Gasteiger partial charge in [-0.15, -0.1) is 0 Å². The zero-order valence-corrected chi connectivity index (χ0v) is 24.9. The lowest BCUT2D eigenvalue weighted by Crippen LogP contribution is -2.52. The zero-order chi connectivity index (χ0) is 30.9. The lowest BCUT2D eigenvalue weighted by Gasteiger charge is -2.44. The molecule has 9 heteroatoms. The van der Waals surface area contributed by atoms with E-state index >= 15 is 0 Å². The summed E-state index contributed by atoms with van der Waals surface area (Å²) in [6.07, 6.45) is 9.37. The fourth-order valence-electron chi connectivity index (χ4n) is 6.94. The first kappa shape index (κ1) is 27.4. The normalized spacial score (nSPS) is 17.4. The van der Waals surface area contributed by atoms with Crippen LogP contribution in [0.1, 0.15) is 69.2 Å². The molecule has 2 fully saturated rings. The standard InChI is InChI=1S/C36H32N4O5/c1-38-21-26(20-37-38)22-5-8-33-30(16-22)32(41)19-36(45-33)10-13-39(14-11-36)34(42)25-17-29(23-3-2-4-24(15-23)35(43)44)28-9-12-40(27-6-7-27)31(28)18-25/h2-5,8-9,12,15-18,20-21,27H,6-7,10-11,13-14,19H2,1H3,(H,43,44). The van der Waals surface area contributed by atoms with E-state index in [1.54, 1.807) is 29.1 Å². The second-order valence-corrected chi connectivity index (χ2v) is 12.6. The Morgan fingerprint density at radius 1 is 0.933 bits per heavy atom. The van der Waals surface area contributed by atoms with Gasteiger partial charge in [-0.25, -0.2) is 4.79 Å². The highest BCUT2D eigenvalue weighted by Gasteiger charge is 2.44. The highest BCUT2D eigenvalue weighted by Crippen LogP contribution is 2.43. The number of rotatable bonds is 5. The molecule has 2 aliphatic heterocycles. The Kier molecular flexibility index (Phi) is 6.20. The molecule has 0 radical (unpaired) electrons. The van der Waals surface area contributed by atoms with Crippen LogP contribution in [0, 0.1) is 0 Å². The summed E-state index contributed by atoms with van der Waals surface area (Å²) >= 11 is 0. The zero-order valence-electron chi connectivity index (χ0n) is 24.9. The second-order valence-electron chi connectivity index (χ2n) is 12.6. The lowest BCUT2D eigenvalue weighted by atomic mass is 9.82. The SMILES string of the molecule is Cn1cc(-c2ccc3c(c2)C(=O)CC2(CCN(C(=O)c4cc(-c5cccc(C(=O)O)c5)c5ccn(C6CC6)c5c4)CC2)O3)cn1. The molecule has 1 saturated carbocycles. The Morgan fingerprint density at radius 2 is 1.76 bits per heavy atom. The number of carbonyl (C=O) groups is 3. The van der Waals surface area contributed by atoms with Crippen molar-refractivity contribution in [2.45, 2.75) is 43.7 Å². The van der Waals surface area contributed by atoms with Crippen LogP contribution in [0.25, 0.3) is 33.2 Å². The first-order valence-electron chi connectivity index (χ1n) is 15.4. The van der Waals surface area contributed by atoms with E-state index in [1.807, 2.05) is 54.5 Å². The quantitative estimate of drug-likeness (QED) is 0.251. The van der Waals surface area contributed by atoms with Crippen molar-refractivity contribution >= 4 is 28.6 Å². The lowest BCUT2D eigenvalue weighted by molar-refractivity contribution is -0.00571. The van der Waals surface area contributed by atoms with Crippen molar-refractivity contribution in [3.63, 3.8) is 0 Å². The third-order valence-corrected chi connectivity index (χ3v) is 9.54. The number of aryl methyl sites for hydroxylation is 1. The van der Waals surface area contributed by atoms with Crippen LogP contribution in [-0.4, -0.2) is 60.7 Å². The average molecular weight is 601 g/mol. The molecule has 8 rings (SSSR count). The van der Waals surface area contributed by atoms with Crippen molar-refractivity contribution < 1.29 is 24.2 Å². The molecule has 1 aliphatic carbocycles. The number of hydrogen-bond acceptors (Lipinski definition) is 5. The highest BCUT2D eigenvalue weighted by molar-refractivity contribution is 6.05. The van der Waals surface area contributed by atoms with Gasteiger partial charge < -0.3 is 19.3 Å². The van der Waals surface area contributed by atoms with Crippen LogP contribution in [0.3, 0.4) is 0 Å². The van der Waals surface area contributed by atoms with E-state index in [2.05, 4.69) is 21.9 Å². The summed E-state index contributed by atoms with van der Waals surface area (Å²) in [5.41, 5.74) is 5.19. The van der Waals surface area contributed by atoms with E-state index in [1.165, 1.54) is 0 Å². The molecule has 1 spiro atoms. The number of hydrogen-bond donors (Lipinski definition) is 1. The van der Waals surface area contributed by atoms with Gasteiger partial charge in [0.05, 0.1) is 23.7 Å². The molecule has 5 aromatic rings. The van der Waals surface area contributed by atoms with Crippen molar-refractivity contribution in [3.8, 4) is 28.0 Å². The molecule has 1 N–H and O–H groups in total. The molecule has 226 valence electrons. The third kappa shape index (κ3) is 4.79. The molecule has 0 atom stereocenters. The monoisotopic (exact) mass is 600 g/mol. The van der Waals surface area contributed by atoms with Gasteiger partial charge in [0.2, 0.25) is 0 Å². The molecule has 0 unspecified atom stereocenters. The minimum Gasteiger partial charge on any atom is -0.486 e. The van der Waals surface area contributed by atoms with Gasteiger partial charge in [-0.3, -0.25) is 14.3 Å².